The normalized spacial score (nSPS) is 22.1. The molecular weight excluding hydrogens is 619 g/mol. The molecule has 1 aromatic carbocycles. The van der Waals surface area contributed by atoms with E-state index in [1.807, 2.05) is 6.07 Å². The molecule has 2 aromatic rings. The SMILES string of the molecule is CC(=O)OCC1O[C@H](Sc2cnc(C#N)c(Cl)c2)C(OC(C)=O)C(N=CC(=NN)c2cc(F)c(F)c(F)c2)[C@H]1OC(C)=O. The summed E-state index contributed by atoms with van der Waals surface area (Å²) in [6, 6.07) is 3.20. The lowest BCUT2D eigenvalue weighted by atomic mass is 9.97. The highest BCUT2D eigenvalue weighted by molar-refractivity contribution is 7.99. The van der Waals surface area contributed by atoms with Crippen LogP contribution in [0.5, 0.6) is 0 Å². The van der Waals surface area contributed by atoms with E-state index in [2.05, 4.69) is 15.1 Å². The van der Waals surface area contributed by atoms with E-state index in [1.54, 1.807) is 0 Å². The van der Waals surface area contributed by atoms with E-state index in [0.717, 1.165) is 38.7 Å². The number of nitrogens with two attached hydrogens (primary N) is 1. The lowest BCUT2D eigenvalue weighted by molar-refractivity contribution is -0.200. The van der Waals surface area contributed by atoms with Crippen molar-refractivity contribution in [3.8, 4) is 6.07 Å². The fourth-order valence-corrected chi connectivity index (χ4v) is 5.28. The summed E-state index contributed by atoms with van der Waals surface area (Å²) in [7, 11) is 0. The lowest BCUT2D eigenvalue weighted by Gasteiger charge is -2.43. The summed E-state index contributed by atoms with van der Waals surface area (Å²) in [4.78, 5) is 44.6. The molecule has 2 heterocycles. The number of hydrogen-bond donors (Lipinski definition) is 1. The molecule has 0 radical (unpaired) electrons. The number of nitrogens with zero attached hydrogens (tertiary/aromatic N) is 4. The van der Waals surface area contributed by atoms with Crippen LogP contribution < -0.4 is 5.84 Å². The molecule has 0 amide bonds. The molecule has 0 bridgehead atoms. The first kappa shape index (κ1) is 33.3. The minimum atomic E-state index is -1.71. The summed E-state index contributed by atoms with van der Waals surface area (Å²) in [5, 5.41) is 12.6. The van der Waals surface area contributed by atoms with Gasteiger partial charge in [-0.3, -0.25) is 19.4 Å². The zero-order chi connectivity index (χ0) is 31.8. The van der Waals surface area contributed by atoms with Crippen molar-refractivity contribution in [3.05, 3.63) is 58.1 Å². The summed E-state index contributed by atoms with van der Waals surface area (Å²) in [6.07, 6.45) is -1.58. The van der Waals surface area contributed by atoms with Gasteiger partial charge in [-0.15, -0.1) is 0 Å². The maximum Gasteiger partial charge on any atom is 0.303 e. The quantitative estimate of drug-likeness (QED) is 0.106. The van der Waals surface area contributed by atoms with Crippen molar-refractivity contribution in [2.24, 2.45) is 15.9 Å². The van der Waals surface area contributed by atoms with Crippen LogP contribution in [0.3, 0.4) is 0 Å². The number of benzene rings is 1. The van der Waals surface area contributed by atoms with Crippen LogP contribution in [0.1, 0.15) is 32.0 Å². The molecule has 3 unspecified atom stereocenters. The number of aromatic nitrogens is 1. The summed E-state index contributed by atoms with van der Waals surface area (Å²) >= 11 is 7.06. The molecule has 1 aromatic heterocycles. The molecule has 5 atom stereocenters. The second-order valence-electron chi connectivity index (χ2n) is 8.76. The number of hydrogen-bond acceptors (Lipinski definition) is 13. The van der Waals surface area contributed by atoms with Crippen molar-refractivity contribution < 1.29 is 46.5 Å². The smallest absolute Gasteiger partial charge is 0.303 e. The van der Waals surface area contributed by atoms with Gasteiger partial charge in [0, 0.05) is 37.4 Å². The van der Waals surface area contributed by atoms with Gasteiger partial charge in [0.05, 0.1) is 11.2 Å². The zero-order valence-corrected chi connectivity index (χ0v) is 24.2. The van der Waals surface area contributed by atoms with Crippen molar-refractivity contribution in [2.75, 3.05) is 6.61 Å². The fraction of sp³-hybridized carbons (Fsp3) is 0.346. The maximum absolute atomic E-state index is 13.9. The third-order valence-electron chi connectivity index (χ3n) is 5.63. The van der Waals surface area contributed by atoms with Crippen LogP contribution in [-0.2, 0) is 33.3 Å². The minimum absolute atomic E-state index is 0.0266. The van der Waals surface area contributed by atoms with Crippen LogP contribution in [0.25, 0.3) is 0 Å². The number of hydrazone groups is 1. The molecular formula is C26H23ClF3N5O7S. The number of halogens is 4. The van der Waals surface area contributed by atoms with Crippen molar-refractivity contribution in [1.82, 2.24) is 4.98 Å². The molecule has 1 saturated heterocycles. The van der Waals surface area contributed by atoms with Gasteiger partial charge in [-0.05, 0) is 18.2 Å². The van der Waals surface area contributed by atoms with Crippen molar-refractivity contribution in [3.63, 3.8) is 0 Å². The van der Waals surface area contributed by atoms with Gasteiger partial charge in [-0.25, -0.2) is 18.2 Å². The third-order valence-corrected chi connectivity index (χ3v) is 7.03. The van der Waals surface area contributed by atoms with Crippen LogP contribution in [-0.4, -0.2) is 71.2 Å². The van der Waals surface area contributed by atoms with E-state index in [1.165, 1.54) is 12.3 Å². The molecule has 228 valence electrons. The number of carbonyl (C=O) groups excluding carboxylic acids is 3. The van der Waals surface area contributed by atoms with E-state index in [-0.39, 0.29) is 22.0 Å². The van der Waals surface area contributed by atoms with Crippen molar-refractivity contribution in [2.45, 2.75) is 55.5 Å². The van der Waals surface area contributed by atoms with Crippen molar-refractivity contribution >= 4 is 53.2 Å². The first-order valence-electron chi connectivity index (χ1n) is 12.2. The number of ether oxygens (including phenoxy) is 4. The molecule has 43 heavy (non-hydrogen) atoms. The van der Waals surface area contributed by atoms with Crippen LogP contribution in [0.15, 0.2) is 39.4 Å². The molecule has 12 nitrogen and oxygen atoms in total. The van der Waals surface area contributed by atoms with Gasteiger partial charge in [-0.2, -0.15) is 10.4 Å². The number of pyridine rings is 1. The van der Waals surface area contributed by atoms with Gasteiger partial charge in [0.2, 0.25) is 0 Å². The van der Waals surface area contributed by atoms with Gasteiger partial charge in [0.25, 0.3) is 0 Å². The Labute approximate surface area is 252 Å². The minimum Gasteiger partial charge on any atom is -0.463 e. The van der Waals surface area contributed by atoms with Gasteiger partial charge in [0.15, 0.2) is 35.4 Å². The van der Waals surface area contributed by atoms with E-state index in [4.69, 9.17) is 41.7 Å². The average molecular weight is 642 g/mol. The molecule has 3 rings (SSSR count). The Morgan fingerprint density at radius 3 is 2.28 bits per heavy atom. The first-order chi connectivity index (χ1) is 20.3. The van der Waals surface area contributed by atoms with E-state index in [0.29, 0.717) is 17.0 Å². The number of carbonyl (C=O) groups is 3. The van der Waals surface area contributed by atoms with E-state index >= 15 is 0 Å². The van der Waals surface area contributed by atoms with Gasteiger partial charge >= 0.3 is 17.9 Å². The molecule has 2 N–H and O–H groups in total. The Morgan fingerprint density at radius 1 is 1.12 bits per heavy atom. The number of nitriles is 1. The standard InChI is InChI=1S/C26H23ClF3N5O7S/c1-11(36)39-10-21-24(40-12(2)37)23(34-9-20(35-32)14-4-17(28)22(30)18(29)5-14)25(41-13(3)38)26(42-21)43-15-6-16(27)19(7-31)33-8-15/h4-6,8-9,21,23-26H,10,32H2,1-3H3/t21?,23?,24-,25?,26+/m0/s1. The van der Waals surface area contributed by atoms with Crippen LogP contribution >= 0.6 is 23.4 Å². The van der Waals surface area contributed by atoms with Crippen molar-refractivity contribution in [1.29, 1.82) is 5.26 Å². The van der Waals surface area contributed by atoms with Gasteiger partial charge in [-0.1, -0.05) is 23.4 Å². The van der Waals surface area contributed by atoms with Crippen LogP contribution in [0, 0.1) is 28.8 Å². The molecule has 17 heteroatoms. The summed E-state index contributed by atoms with van der Waals surface area (Å²) < 4.78 is 63.5. The highest BCUT2D eigenvalue weighted by atomic mass is 35.5. The Balaban J connectivity index is 2.11. The molecule has 1 aliphatic rings. The molecule has 0 aliphatic carbocycles. The lowest BCUT2D eigenvalue weighted by Crippen LogP contribution is -2.59. The number of rotatable bonds is 9. The van der Waals surface area contributed by atoms with E-state index in [9.17, 15) is 27.6 Å². The topological polar surface area (TPSA) is 176 Å². The number of aliphatic imine (C=N–C) groups is 1. The molecule has 0 spiro atoms. The molecule has 0 saturated carbocycles. The molecule has 1 aliphatic heterocycles. The Hall–Kier alpha value is -4.20. The summed E-state index contributed by atoms with van der Waals surface area (Å²) in [6.45, 7) is 2.90. The van der Waals surface area contributed by atoms with Crippen LogP contribution in [0.2, 0.25) is 5.02 Å². The first-order valence-corrected chi connectivity index (χ1v) is 13.4. The van der Waals surface area contributed by atoms with Crippen LogP contribution in [0.4, 0.5) is 13.2 Å². The Morgan fingerprint density at radius 2 is 1.74 bits per heavy atom. The second-order valence-corrected chi connectivity index (χ2v) is 10.3. The Bertz CT molecular complexity index is 1480. The molecule has 1 fully saturated rings. The predicted molar refractivity (Wildman–Crippen MR) is 146 cm³/mol. The second kappa shape index (κ2) is 14.8. The number of esters is 3. The maximum atomic E-state index is 13.9. The third kappa shape index (κ3) is 8.66. The zero-order valence-electron chi connectivity index (χ0n) is 22.6. The predicted octanol–water partition coefficient (Wildman–Crippen LogP) is 3.07. The largest absolute Gasteiger partial charge is 0.463 e. The highest BCUT2D eigenvalue weighted by Crippen LogP contribution is 2.38. The van der Waals surface area contributed by atoms with Gasteiger partial charge < -0.3 is 24.8 Å². The van der Waals surface area contributed by atoms with E-state index < -0.39 is 71.8 Å². The average Bonchev–Trinajstić information content (AvgIpc) is 2.93. The summed E-state index contributed by atoms with van der Waals surface area (Å²) in [5.74, 6) is -1.59. The fourth-order valence-electron chi connectivity index (χ4n) is 3.89. The Kier molecular flexibility index (Phi) is 11.5. The number of thioether (sulfide) groups is 1. The monoisotopic (exact) mass is 641 g/mol. The summed E-state index contributed by atoms with van der Waals surface area (Å²) in [5.41, 5.74) is -1.79. The highest BCUT2D eigenvalue weighted by Gasteiger charge is 2.50. The van der Waals surface area contributed by atoms with Gasteiger partial charge in [0.1, 0.15) is 36.0 Å².